The summed E-state index contributed by atoms with van der Waals surface area (Å²) in [5.41, 5.74) is 6.66. The molecule has 0 fully saturated rings. The Morgan fingerprint density at radius 1 is 1.42 bits per heavy atom. The van der Waals surface area contributed by atoms with E-state index in [0.717, 1.165) is 5.69 Å². The molecule has 0 bridgehead atoms. The summed E-state index contributed by atoms with van der Waals surface area (Å²) in [6, 6.07) is 9.90. The van der Waals surface area contributed by atoms with E-state index in [1.807, 2.05) is 30.3 Å². The molecule has 0 aliphatic rings. The Morgan fingerprint density at radius 2 is 2.08 bits per heavy atom. The third-order valence-electron chi connectivity index (χ3n) is 1.32. The van der Waals surface area contributed by atoms with Crippen molar-refractivity contribution in [3.05, 3.63) is 43.0 Å². The molecule has 0 aliphatic heterocycles. The molecule has 1 unspecified atom stereocenters. The van der Waals surface area contributed by atoms with Gasteiger partial charge in [-0.2, -0.15) is 0 Å². The lowest BCUT2D eigenvalue weighted by atomic mass is 10.3. The quantitative estimate of drug-likeness (QED) is 0.424. The van der Waals surface area contributed by atoms with Crippen LogP contribution < -0.4 is 10.5 Å². The number of anilines is 1. The molecule has 1 aromatic rings. The average molecular weight is 180 g/mol. The summed E-state index contributed by atoms with van der Waals surface area (Å²) < 4.78 is 3.12. The average Bonchev–Trinajstić information content (AvgIpc) is 2.16. The van der Waals surface area contributed by atoms with Crippen molar-refractivity contribution in [2.75, 3.05) is 4.72 Å². The lowest BCUT2D eigenvalue weighted by Gasteiger charge is -2.07. The van der Waals surface area contributed by atoms with Gasteiger partial charge in [-0.05, 0) is 24.1 Å². The second-order valence-corrected chi connectivity index (χ2v) is 3.27. The number of para-hydroxylation sites is 1. The highest BCUT2D eigenvalue weighted by atomic mass is 32.2. The Hall–Kier alpha value is -0.930. The van der Waals surface area contributed by atoms with Crippen molar-refractivity contribution in [3.63, 3.8) is 0 Å². The highest BCUT2D eigenvalue weighted by molar-refractivity contribution is 8.01. The normalized spacial score (nSPS) is 12.1. The molecule has 0 saturated carbocycles. The van der Waals surface area contributed by atoms with Crippen LogP contribution in [-0.4, -0.2) is 5.37 Å². The summed E-state index contributed by atoms with van der Waals surface area (Å²) in [4.78, 5) is 0. The molecule has 0 radical (unpaired) electrons. The Balaban J connectivity index is 2.38. The number of nitrogens with one attached hydrogen (secondary N) is 1. The van der Waals surface area contributed by atoms with Crippen LogP contribution in [0.5, 0.6) is 0 Å². The fourth-order valence-electron chi connectivity index (χ4n) is 0.690. The van der Waals surface area contributed by atoms with Crippen LogP contribution in [0.4, 0.5) is 5.69 Å². The summed E-state index contributed by atoms with van der Waals surface area (Å²) in [6.45, 7) is 3.59. The van der Waals surface area contributed by atoms with Gasteiger partial charge < -0.3 is 10.5 Å². The second-order valence-electron chi connectivity index (χ2n) is 2.29. The Bertz CT molecular complexity index is 236. The summed E-state index contributed by atoms with van der Waals surface area (Å²) in [7, 11) is 0. The van der Waals surface area contributed by atoms with Gasteiger partial charge in [0.15, 0.2) is 0 Å². The molecule has 0 spiro atoms. The van der Waals surface area contributed by atoms with Gasteiger partial charge in [-0.1, -0.05) is 24.3 Å². The number of hydrogen-bond acceptors (Lipinski definition) is 3. The van der Waals surface area contributed by atoms with Gasteiger partial charge in [0.25, 0.3) is 0 Å². The maximum Gasteiger partial charge on any atom is 0.0891 e. The maximum atomic E-state index is 5.60. The first-order chi connectivity index (χ1) is 5.83. The molecular formula is C9H12N2S. The topological polar surface area (TPSA) is 38.0 Å². The minimum Gasteiger partial charge on any atom is -0.328 e. The molecule has 1 atom stereocenters. The smallest absolute Gasteiger partial charge is 0.0891 e. The highest BCUT2D eigenvalue weighted by Crippen LogP contribution is 2.13. The Morgan fingerprint density at radius 3 is 2.67 bits per heavy atom. The summed E-state index contributed by atoms with van der Waals surface area (Å²) >= 11 is 1.44. The fourth-order valence-corrected chi connectivity index (χ4v) is 1.19. The van der Waals surface area contributed by atoms with Crippen molar-refractivity contribution in [2.45, 2.75) is 5.37 Å². The fraction of sp³-hybridized carbons (Fsp3) is 0.111. The van der Waals surface area contributed by atoms with Crippen LogP contribution in [0.25, 0.3) is 0 Å². The van der Waals surface area contributed by atoms with Crippen LogP contribution in [0.15, 0.2) is 43.0 Å². The SMILES string of the molecule is C=CC(N)SNc1ccccc1. The van der Waals surface area contributed by atoms with Crippen molar-refractivity contribution in [2.24, 2.45) is 5.73 Å². The van der Waals surface area contributed by atoms with Crippen LogP contribution in [-0.2, 0) is 0 Å². The summed E-state index contributed by atoms with van der Waals surface area (Å²) in [5.74, 6) is 0. The van der Waals surface area contributed by atoms with E-state index in [0.29, 0.717) is 0 Å². The van der Waals surface area contributed by atoms with E-state index in [1.54, 1.807) is 6.08 Å². The second kappa shape index (κ2) is 4.85. The van der Waals surface area contributed by atoms with E-state index in [1.165, 1.54) is 11.9 Å². The van der Waals surface area contributed by atoms with Gasteiger partial charge in [-0.3, -0.25) is 0 Å². The zero-order valence-electron chi connectivity index (χ0n) is 6.73. The number of nitrogens with two attached hydrogens (primary N) is 1. The zero-order valence-corrected chi connectivity index (χ0v) is 7.55. The van der Waals surface area contributed by atoms with Crippen molar-refractivity contribution in [1.82, 2.24) is 0 Å². The Labute approximate surface area is 77.0 Å². The summed E-state index contributed by atoms with van der Waals surface area (Å²) in [5, 5.41) is -0.0646. The molecule has 0 aliphatic carbocycles. The third kappa shape index (κ3) is 2.98. The molecule has 1 aromatic carbocycles. The van der Waals surface area contributed by atoms with E-state index in [-0.39, 0.29) is 5.37 Å². The van der Waals surface area contributed by atoms with Crippen molar-refractivity contribution in [1.29, 1.82) is 0 Å². The van der Waals surface area contributed by atoms with Gasteiger partial charge in [0.1, 0.15) is 0 Å². The maximum absolute atomic E-state index is 5.60. The largest absolute Gasteiger partial charge is 0.328 e. The van der Waals surface area contributed by atoms with Gasteiger partial charge in [0.05, 0.1) is 5.37 Å². The molecule has 3 heteroatoms. The van der Waals surface area contributed by atoms with Crippen molar-refractivity contribution < 1.29 is 0 Å². The van der Waals surface area contributed by atoms with Gasteiger partial charge >= 0.3 is 0 Å². The lowest BCUT2D eigenvalue weighted by molar-refractivity contribution is 1.17. The molecule has 0 aromatic heterocycles. The summed E-state index contributed by atoms with van der Waals surface area (Å²) in [6.07, 6.45) is 1.70. The monoisotopic (exact) mass is 180 g/mol. The van der Waals surface area contributed by atoms with Crippen LogP contribution in [0.3, 0.4) is 0 Å². The zero-order chi connectivity index (χ0) is 8.81. The first-order valence-electron chi connectivity index (χ1n) is 3.68. The molecule has 12 heavy (non-hydrogen) atoms. The molecule has 3 N–H and O–H groups in total. The third-order valence-corrected chi connectivity index (χ3v) is 2.14. The highest BCUT2D eigenvalue weighted by Gasteiger charge is 1.95. The van der Waals surface area contributed by atoms with Gasteiger partial charge in [-0.15, -0.1) is 6.58 Å². The Kier molecular flexibility index (Phi) is 3.70. The molecule has 2 nitrogen and oxygen atoms in total. The number of benzene rings is 1. The standard InChI is InChI=1S/C9H12N2S/c1-2-9(10)12-11-8-6-4-3-5-7-8/h2-7,9,11H,1,10H2. The van der Waals surface area contributed by atoms with Crippen LogP contribution in [0, 0.1) is 0 Å². The molecular weight excluding hydrogens is 168 g/mol. The van der Waals surface area contributed by atoms with E-state index in [2.05, 4.69) is 11.3 Å². The van der Waals surface area contributed by atoms with Gasteiger partial charge in [-0.25, -0.2) is 0 Å². The minimum atomic E-state index is -0.0646. The van der Waals surface area contributed by atoms with Crippen LogP contribution >= 0.6 is 11.9 Å². The lowest BCUT2D eigenvalue weighted by Crippen LogP contribution is -2.13. The molecule has 0 amide bonds. The predicted octanol–water partition coefficient (Wildman–Crippen LogP) is 2.22. The van der Waals surface area contributed by atoms with E-state index >= 15 is 0 Å². The van der Waals surface area contributed by atoms with E-state index < -0.39 is 0 Å². The minimum absolute atomic E-state index is 0.0646. The van der Waals surface area contributed by atoms with Crippen molar-refractivity contribution in [3.8, 4) is 0 Å². The van der Waals surface area contributed by atoms with Gasteiger partial charge in [0, 0.05) is 5.69 Å². The molecule has 0 heterocycles. The molecule has 0 saturated heterocycles. The predicted molar refractivity (Wildman–Crippen MR) is 55.8 cm³/mol. The van der Waals surface area contributed by atoms with Crippen LogP contribution in [0.1, 0.15) is 0 Å². The van der Waals surface area contributed by atoms with Gasteiger partial charge in [0.2, 0.25) is 0 Å². The molecule has 64 valence electrons. The van der Waals surface area contributed by atoms with Crippen molar-refractivity contribution >= 4 is 17.6 Å². The first kappa shape index (κ1) is 9.16. The van der Waals surface area contributed by atoms with E-state index in [9.17, 15) is 0 Å². The van der Waals surface area contributed by atoms with E-state index in [4.69, 9.17) is 5.73 Å². The first-order valence-corrected chi connectivity index (χ1v) is 4.56. The number of hydrogen-bond donors (Lipinski definition) is 2. The molecule has 1 rings (SSSR count). The number of rotatable bonds is 4. The van der Waals surface area contributed by atoms with Crippen LogP contribution in [0.2, 0.25) is 0 Å².